The van der Waals surface area contributed by atoms with Crippen LogP contribution in [-0.4, -0.2) is 61.1 Å². The van der Waals surface area contributed by atoms with E-state index in [1.807, 2.05) is 25.5 Å². The summed E-state index contributed by atoms with van der Waals surface area (Å²) in [5.74, 6) is -2.73. The van der Waals surface area contributed by atoms with Crippen molar-refractivity contribution in [1.29, 1.82) is 0 Å². The Balaban J connectivity index is 0.000000872. The first kappa shape index (κ1) is 39.4. The normalized spacial score (nSPS) is 17.3. The predicted molar refractivity (Wildman–Crippen MR) is 170 cm³/mol. The lowest BCUT2D eigenvalue weighted by Crippen LogP contribution is -2.43. The van der Waals surface area contributed by atoms with Crippen LogP contribution in [0.15, 0.2) is 54.2 Å². The molecule has 0 atom stereocenters. The Morgan fingerprint density at radius 1 is 1.08 bits per heavy atom. The molecule has 0 aliphatic heterocycles. The van der Waals surface area contributed by atoms with E-state index >= 15 is 0 Å². The highest BCUT2D eigenvalue weighted by Crippen LogP contribution is 2.52. The van der Waals surface area contributed by atoms with Gasteiger partial charge in [-0.15, -0.1) is 10.2 Å². The van der Waals surface area contributed by atoms with Gasteiger partial charge in [0.1, 0.15) is 24.3 Å². The molecular formula is C32H37F6N7O5. The monoisotopic (exact) mass is 713 g/mol. The molecule has 4 N–H and O–H groups in total. The maximum atomic E-state index is 13.5. The molecule has 50 heavy (non-hydrogen) atoms. The van der Waals surface area contributed by atoms with Gasteiger partial charge in [-0.05, 0) is 72.7 Å². The third kappa shape index (κ3) is 10.3. The molecule has 2 aromatic heterocycles. The Bertz CT molecular complexity index is 1780. The molecule has 1 aliphatic rings. The van der Waals surface area contributed by atoms with Gasteiger partial charge in [0.25, 0.3) is 11.5 Å². The molecule has 0 saturated heterocycles. The van der Waals surface area contributed by atoms with Gasteiger partial charge in [0, 0.05) is 31.2 Å². The maximum absolute atomic E-state index is 13.5. The molecule has 272 valence electrons. The summed E-state index contributed by atoms with van der Waals surface area (Å²) in [5, 5.41) is 24.0. The predicted octanol–water partition coefficient (Wildman–Crippen LogP) is 5.01. The van der Waals surface area contributed by atoms with Gasteiger partial charge in [0.2, 0.25) is 5.91 Å². The van der Waals surface area contributed by atoms with E-state index in [-0.39, 0.29) is 18.2 Å². The molecule has 4 rings (SSSR count). The van der Waals surface area contributed by atoms with Crippen molar-refractivity contribution in [3.8, 4) is 0 Å². The Morgan fingerprint density at radius 3 is 2.16 bits per heavy atom. The second kappa shape index (κ2) is 15.7. The van der Waals surface area contributed by atoms with E-state index in [0.717, 1.165) is 30.7 Å². The van der Waals surface area contributed by atoms with Gasteiger partial charge in [-0.2, -0.15) is 26.3 Å². The standard InChI is InChI=1S/C30H36F3N7O3.C2HF3O2/c1-6-25(41)36-22-8-21(29(11-19(4)12-29)28-38-35-17-39(28)5)9-23(10-22)37-26(42)24-7-20(14-34-13-18(2)3)15-40(27(24)43)16-30(31,32)33;3-2(4,5)1(6)7/h6-10,15,17-19,34H,1,11-14,16H2,2-5H3,(H,36,41)(H,37,42);(H,6,7). The van der Waals surface area contributed by atoms with Crippen LogP contribution >= 0.6 is 0 Å². The number of benzene rings is 1. The smallest absolute Gasteiger partial charge is 0.475 e. The van der Waals surface area contributed by atoms with Crippen LogP contribution < -0.4 is 21.5 Å². The summed E-state index contributed by atoms with van der Waals surface area (Å²) < 4.78 is 74.0. The topological polar surface area (TPSA) is 160 Å². The molecule has 0 spiro atoms. The fourth-order valence-corrected chi connectivity index (χ4v) is 5.61. The highest BCUT2D eigenvalue weighted by atomic mass is 19.4. The zero-order chi connectivity index (χ0) is 37.6. The van der Waals surface area contributed by atoms with Crippen molar-refractivity contribution in [3.63, 3.8) is 0 Å². The lowest BCUT2D eigenvalue weighted by atomic mass is 9.58. The second-order valence-electron chi connectivity index (χ2n) is 12.4. The lowest BCUT2D eigenvalue weighted by molar-refractivity contribution is -0.192. The summed E-state index contributed by atoms with van der Waals surface area (Å²) in [6, 6.07) is 6.33. The van der Waals surface area contributed by atoms with Crippen LogP contribution in [0.2, 0.25) is 0 Å². The maximum Gasteiger partial charge on any atom is 0.490 e. The largest absolute Gasteiger partial charge is 0.490 e. The molecule has 3 aromatic rings. The molecule has 2 heterocycles. The number of aryl methyl sites for hydroxylation is 1. The first-order valence-electron chi connectivity index (χ1n) is 15.2. The number of alkyl halides is 6. The zero-order valence-corrected chi connectivity index (χ0v) is 27.6. The van der Waals surface area contributed by atoms with E-state index in [0.29, 0.717) is 34.1 Å². The highest BCUT2D eigenvalue weighted by Gasteiger charge is 2.48. The molecule has 0 radical (unpaired) electrons. The number of aromatic nitrogens is 4. The summed E-state index contributed by atoms with van der Waals surface area (Å²) >= 11 is 0. The first-order chi connectivity index (χ1) is 23.1. The summed E-state index contributed by atoms with van der Waals surface area (Å²) in [4.78, 5) is 47.7. The van der Waals surface area contributed by atoms with Crippen LogP contribution in [0.3, 0.4) is 0 Å². The van der Waals surface area contributed by atoms with Gasteiger partial charge in [-0.3, -0.25) is 14.4 Å². The van der Waals surface area contributed by atoms with E-state index in [1.165, 1.54) is 12.1 Å². The molecule has 1 saturated carbocycles. The lowest BCUT2D eigenvalue weighted by Gasteiger charge is -2.46. The van der Waals surface area contributed by atoms with Crippen LogP contribution in [-0.2, 0) is 35.1 Å². The van der Waals surface area contributed by atoms with Crippen molar-refractivity contribution in [2.24, 2.45) is 18.9 Å². The van der Waals surface area contributed by atoms with Gasteiger partial charge >= 0.3 is 18.3 Å². The van der Waals surface area contributed by atoms with E-state index in [9.17, 15) is 40.7 Å². The first-order valence-corrected chi connectivity index (χ1v) is 15.2. The van der Waals surface area contributed by atoms with Gasteiger partial charge in [-0.25, -0.2) is 4.79 Å². The third-order valence-corrected chi connectivity index (χ3v) is 7.59. The van der Waals surface area contributed by atoms with E-state index < -0.39 is 53.2 Å². The number of halogens is 6. The molecule has 0 unspecified atom stereocenters. The van der Waals surface area contributed by atoms with Gasteiger partial charge < -0.3 is 30.2 Å². The summed E-state index contributed by atoms with van der Waals surface area (Å²) in [6.07, 6.45) is -4.45. The Hall–Kier alpha value is -5.00. The average Bonchev–Trinajstić information content (AvgIpc) is 3.41. The third-order valence-electron chi connectivity index (χ3n) is 7.59. The van der Waals surface area contributed by atoms with Gasteiger partial charge in [0.05, 0.1) is 5.41 Å². The second-order valence-corrected chi connectivity index (χ2v) is 12.4. The quantitative estimate of drug-likeness (QED) is 0.159. The minimum absolute atomic E-state index is 0.169. The van der Waals surface area contributed by atoms with Crippen LogP contribution in [0, 0.1) is 11.8 Å². The van der Waals surface area contributed by atoms with E-state index in [2.05, 4.69) is 39.7 Å². The number of carboxylic acid groups (broad SMARTS) is 1. The fraction of sp³-hybridized carbons (Fsp3) is 0.438. The van der Waals surface area contributed by atoms with Gasteiger partial charge in [-0.1, -0.05) is 27.4 Å². The minimum Gasteiger partial charge on any atom is -0.475 e. The number of hydrogen-bond acceptors (Lipinski definition) is 7. The number of rotatable bonds is 11. The SMILES string of the molecule is C=CC(=O)Nc1cc(NC(=O)c2cc(CNCC(C)C)cn(CC(F)(F)F)c2=O)cc(C2(c3nncn3C)CC(C)C2)c1.O=C(O)C(F)(F)F. The van der Waals surface area contributed by atoms with Gasteiger partial charge in [0.15, 0.2) is 0 Å². The van der Waals surface area contributed by atoms with E-state index in [1.54, 1.807) is 18.5 Å². The number of carboxylic acids is 1. The van der Waals surface area contributed by atoms with Crippen molar-refractivity contribution in [2.75, 3.05) is 17.2 Å². The Kier molecular flexibility index (Phi) is 12.4. The Labute approximate surface area is 282 Å². The molecule has 0 bridgehead atoms. The number of nitrogens with zero attached hydrogens (tertiary/aromatic N) is 4. The van der Waals surface area contributed by atoms with E-state index in [4.69, 9.17) is 9.90 Å². The Morgan fingerprint density at radius 2 is 1.68 bits per heavy atom. The highest BCUT2D eigenvalue weighted by molar-refractivity contribution is 6.05. The number of nitrogens with one attached hydrogen (secondary N) is 3. The number of hydrogen-bond donors (Lipinski definition) is 4. The molecule has 12 nitrogen and oxygen atoms in total. The van der Waals surface area contributed by atoms with Crippen molar-refractivity contribution in [1.82, 2.24) is 24.6 Å². The van der Waals surface area contributed by atoms with Crippen LogP contribution in [0.4, 0.5) is 37.7 Å². The minimum atomic E-state index is -5.08. The van der Waals surface area contributed by atoms with Crippen molar-refractivity contribution in [3.05, 3.63) is 82.3 Å². The molecule has 2 amide bonds. The molecule has 1 aromatic carbocycles. The molecule has 1 fully saturated rings. The number of aliphatic carboxylic acids is 1. The zero-order valence-electron chi connectivity index (χ0n) is 27.6. The van der Waals surface area contributed by atoms with Crippen LogP contribution in [0.5, 0.6) is 0 Å². The number of pyridine rings is 1. The van der Waals surface area contributed by atoms with Crippen LogP contribution in [0.25, 0.3) is 0 Å². The molecule has 18 heteroatoms. The summed E-state index contributed by atoms with van der Waals surface area (Å²) in [5.41, 5.74) is -0.349. The average molecular weight is 714 g/mol. The summed E-state index contributed by atoms with van der Waals surface area (Å²) in [6.45, 7) is 8.79. The van der Waals surface area contributed by atoms with Crippen LogP contribution in [0.1, 0.15) is 60.9 Å². The summed E-state index contributed by atoms with van der Waals surface area (Å²) in [7, 11) is 1.83. The number of carbonyl (C=O) groups excluding carboxylic acids is 2. The van der Waals surface area contributed by atoms with Crippen molar-refractivity contribution < 1.29 is 45.8 Å². The number of anilines is 2. The van der Waals surface area contributed by atoms with Crippen molar-refractivity contribution in [2.45, 2.75) is 64.5 Å². The molecule has 1 aliphatic carbocycles. The molecular weight excluding hydrogens is 676 g/mol. The fourth-order valence-electron chi connectivity index (χ4n) is 5.61. The van der Waals surface area contributed by atoms with Crippen molar-refractivity contribution >= 4 is 29.2 Å². The number of amides is 2. The number of carbonyl (C=O) groups is 3.